The Labute approximate surface area is 119 Å². The van der Waals surface area contributed by atoms with Crippen molar-refractivity contribution in [2.75, 3.05) is 13.2 Å². The second-order valence-corrected chi connectivity index (χ2v) is 7.12. The lowest BCUT2D eigenvalue weighted by molar-refractivity contribution is -0.192. The molecule has 0 bridgehead atoms. The van der Waals surface area contributed by atoms with Gasteiger partial charge < -0.3 is 10.1 Å². The third-order valence-corrected chi connectivity index (χ3v) is 5.23. The van der Waals surface area contributed by atoms with Gasteiger partial charge in [-0.05, 0) is 25.8 Å². The fourth-order valence-electron chi connectivity index (χ4n) is 4.10. The zero-order chi connectivity index (χ0) is 13.7. The Hall–Kier alpha value is -0.0800. The van der Waals surface area contributed by atoms with Crippen molar-refractivity contribution >= 4 is 0 Å². The first-order valence-electron chi connectivity index (χ1n) is 8.53. The predicted octanol–water partition coefficient (Wildman–Crippen LogP) is 4.14. The molecule has 0 spiro atoms. The Kier molecular flexibility index (Phi) is 5.70. The van der Waals surface area contributed by atoms with E-state index in [0.29, 0.717) is 17.6 Å². The summed E-state index contributed by atoms with van der Waals surface area (Å²) in [5, 5.41) is 3.82. The van der Waals surface area contributed by atoms with Crippen LogP contribution in [-0.4, -0.2) is 25.3 Å². The Morgan fingerprint density at radius 1 is 1.11 bits per heavy atom. The molecule has 2 fully saturated rings. The van der Waals surface area contributed by atoms with Gasteiger partial charge in [-0.2, -0.15) is 0 Å². The van der Waals surface area contributed by atoms with Crippen LogP contribution >= 0.6 is 0 Å². The van der Waals surface area contributed by atoms with Crippen LogP contribution in [0.1, 0.15) is 72.1 Å². The number of hydrogen-bond donors (Lipinski definition) is 1. The summed E-state index contributed by atoms with van der Waals surface area (Å²) in [4.78, 5) is 0. The third-order valence-electron chi connectivity index (χ3n) is 5.23. The molecule has 2 aliphatic rings. The summed E-state index contributed by atoms with van der Waals surface area (Å²) in [6, 6.07) is 0.688. The summed E-state index contributed by atoms with van der Waals surface area (Å²) in [6.45, 7) is 9.21. The van der Waals surface area contributed by atoms with Gasteiger partial charge in [-0.25, -0.2) is 0 Å². The molecular weight excluding hydrogens is 234 g/mol. The number of fused-ring (bicyclic) bond motifs is 1. The highest BCUT2D eigenvalue weighted by molar-refractivity contribution is 5.10. The minimum atomic E-state index is 0.341. The Morgan fingerprint density at radius 2 is 1.84 bits per heavy atom. The van der Waals surface area contributed by atoms with E-state index in [0.717, 1.165) is 12.5 Å². The first-order valence-corrected chi connectivity index (χ1v) is 8.53. The molecule has 0 radical (unpaired) electrons. The van der Waals surface area contributed by atoms with Gasteiger partial charge in [-0.3, -0.25) is 0 Å². The molecule has 2 heteroatoms. The highest BCUT2D eigenvalue weighted by Crippen LogP contribution is 2.51. The van der Waals surface area contributed by atoms with Crippen molar-refractivity contribution in [3.63, 3.8) is 0 Å². The molecule has 1 saturated heterocycles. The fraction of sp³-hybridized carbons (Fsp3) is 1.00. The van der Waals surface area contributed by atoms with Gasteiger partial charge in [0.05, 0.1) is 6.10 Å². The smallest absolute Gasteiger partial charge is 0.0684 e. The van der Waals surface area contributed by atoms with Crippen LogP contribution in [0.3, 0.4) is 0 Å². The normalized spacial score (nSPS) is 32.7. The molecule has 1 aliphatic heterocycles. The molecule has 3 atom stereocenters. The summed E-state index contributed by atoms with van der Waals surface area (Å²) in [5.74, 6) is 0.781. The first kappa shape index (κ1) is 15.3. The monoisotopic (exact) mass is 267 g/mol. The zero-order valence-corrected chi connectivity index (χ0v) is 13.2. The second kappa shape index (κ2) is 7.08. The molecule has 112 valence electrons. The molecule has 1 heterocycles. The molecule has 1 N–H and O–H groups in total. The lowest BCUT2D eigenvalue weighted by Gasteiger charge is -2.60. The van der Waals surface area contributed by atoms with Crippen molar-refractivity contribution in [2.24, 2.45) is 11.3 Å². The Bertz CT molecular complexity index is 264. The van der Waals surface area contributed by atoms with Crippen molar-refractivity contribution in [2.45, 2.75) is 84.3 Å². The van der Waals surface area contributed by atoms with E-state index in [-0.39, 0.29) is 0 Å². The molecule has 0 aromatic carbocycles. The van der Waals surface area contributed by atoms with Gasteiger partial charge in [0.1, 0.15) is 0 Å². The lowest BCUT2D eigenvalue weighted by Crippen LogP contribution is -2.69. The predicted molar refractivity (Wildman–Crippen MR) is 81.4 cm³/mol. The summed E-state index contributed by atoms with van der Waals surface area (Å²) in [5.41, 5.74) is 0.341. The van der Waals surface area contributed by atoms with Gasteiger partial charge in [0, 0.05) is 24.0 Å². The Morgan fingerprint density at radius 3 is 2.63 bits per heavy atom. The van der Waals surface area contributed by atoms with E-state index in [9.17, 15) is 0 Å². The molecule has 2 nitrogen and oxygen atoms in total. The summed E-state index contributed by atoms with van der Waals surface area (Å²) in [6.07, 6.45) is 11.5. The van der Waals surface area contributed by atoms with Crippen LogP contribution in [0.15, 0.2) is 0 Å². The van der Waals surface area contributed by atoms with Crippen LogP contribution in [0.2, 0.25) is 0 Å². The Balaban J connectivity index is 1.60. The molecule has 0 aromatic rings. The van der Waals surface area contributed by atoms with Crippen LogP contribution in [-0.2, 0) is 4.74 Å². The molecule has 1 aliphatic carbocycles. The standard InChI is InChI=1S/C17H33NO/c1-4-5-6-7-8-9-12-18-15-14-11-10-13-19-16(14)17(15,2)3/h14-16,18H,4-13H2,1-3H3. The molecule has 1 saturated carbocycles. The SMILES string of the molecule is CCCCCCCCNC1C2CCCOC2C1(C)C. The van der Waals surface area contributed by atoms with Crippen LogP contribution in [0, 0.1) is 11.3 Å². The maximum absolute atomic E-state index is 5.95. The third kappa shape index (κ3) is 3.52. The minimum Gasteiger partial charge on any atom is -0.377 e. The molecule has 0 aromatic heterocycles. The van der Waals surface area contributed by atoms with E-state index in [1.54, 1.807) is 0 Å². The zero-order valence-electron chi connectivity index (χ0n) is 13.2. The summed E-state index contributed by atoms with van der Waals surface area (Å²) >= 11 is 0. The largest absolute Gasteiger partial charge is 0.377 e. The highest BCUT2D eigenvalue weighted by atomic mass is 16.5. The van der Waals surface area contributed by atoms with E-state index < -0.39 is 0 Å². The van der Waals surface area contributed by atoms with Crippen molar-refractivity contribution in [3.05, 3.63) is 0 Å². The number of rotatable bonds is 8. The van der Waals surface area contributed by atoms with Gasteiger partial charge in [-0.15, -0.1) is 0 Å². The first-order chi connectivity index (χ1) is 9.18. The fourth-order valence-corrected chi connectivity index (χ4v) is 4.10. The maximum atomic E-state index is 5.95. The van der Waals surface area contributed by atoms with E-state index in [1.165, 1.54) is 57.9 Å². The molecular formula is C17H33NO. The van der Waals surface area contributed by atoms with Crippen molar-refractivity contribution < 1.29 is 4.74 Å². The highest BCUT2D eigenvalue weighted by Gasteiger charge is 2.57. The molecule has 3 unspecified atom stereocenters. The topological polar surface area (TPSA) is 21.3 Å². The molecule has 2 rings (SSSR count). The van der Waals surface area contributed by atoms with E-state index in [2.05, 4.69) is 26.1 Å². The number of hydrogen-bond acceptors (Lipinski definition) is 2. The summed E-state index contributed by atoms with van der Waals surface area (Å²) in [7, 11) is 0. The van der Waals surface area contributed by atoms with Crippen LogP contribution in [0.5, 0.6) is 0 Å². The van der Waals surface area contributed by atoms with Crippen molar-refractivity contribution in [1.29, 1.82) is 0 Å². The van der Waals surface area contributed by atoms with Crippen molar-refractivity contribution in [1.82, 2.24) is 5.32 Å². The number of unbranched alkanes of at least 4 members (excludes halogenated alkanes) is 5. The van der Waals surface area contributed by atoms with Gasteiger partial charge in [0.15, 0.2) is 0 Å². The van der Waals surface area contributed by atoms with Crippen LogP contribution in [0.4, 0.5) is 0 Å². The van der Waals surface area contributed by atoms with Crippen LogP contribution < -0.4 is 5.32 Å². The maximum Gasteiger partial charge on any atom is 0.0684 e. The van der Waals surface area contributed by atoms with Gasteiger partial charge in [-0.1, -0.05) is 52.9 Å². The average molecular weight is 267 g/mol. The quantitative estimate of drug-likeness (QED) is 0.667. The second-order valence-electron chi connectivity index (χ2n) is 7.12. The lowest BCUT2D eigenvalue weighted by atomic mass is 9.55. The molecule has 19 heavy (non-hydrogen) atoms. The van der Waals surface area contributed by atoms with E-state index >= 15 is 0 Å². The van der Waals surface area contributed by atoms with Gasteiger partial charge >= 0.3 is 0 Å². The van der Waals surface area contributed by atoms with Crippen LogP contribution in [0.25, 0.3) is 0 Å². The van der Waals surface area contributed by atoms with Crippen molar-refractivity contribution in [3.8, 4) is 0 Å². The number of nitrogens with one attached hydrogen (secondary N) is 1. The van der Waals surface area contributed by atoms with Gasteiger partial charge in [0.2, 0.25) is 0 Å². The van der Waals surface area contributed by atoms with Gasteiger partial charge in [0.25, 0.3) is 0 Å². The number of ether oxygens (including phenoxy) is 1. The van der Waals surface area contributed by atoms with E-state index in [4.69, 9.17) is 4.74 Å². The minimum absolute atomic E-state index is 0.341. The van der Waals surface area contributed by atoms with E-state index in [1.807, 2.05) is 0 Å². The molecule has 0 amide bonds. The summed E-state index contributed by atoms with van der Waals surface area (Å²) < 4.78 is 5.95. The average Bonchev–Trinajstić information content (AvgIpc) is 2.41.